The minimum Gasteiger partial charge on any atom is -0.465 e. The van der Waals surface area contributed by atoms with Crippen molar-refractivity contribution in [3.8, 4) is 11.1 Å². The van der Waals surface area contributed by atoms with Crippen molar-refractivity contribution in [1.82, 2.24) is 0 Å². The molecule has 0 heterocycles. The molecule has 0 aliphatic heterocycles. The van der Waals surface area contributed by atoms with Crippen LogP contribution in [0.1, 0.15) is 10.4 Å². The van der Waals surface area contributed by atoms with Gasteiger partial charge in [0.1, 0.15) is 0 Å². The second-order valence-electron chi connectivity index (χ2n) is 3.52. The fourth-order valence-electron chi connectivity index (χ4n) is 1.69. The van der Waals surface area contributed by atoms with E-state index in [0.29, 0.717) is 10.6 Å². The largest absolute Gasteiger partial charge is 0.465 e. The van der Waals surface area contributed by atoms with E-state index in [1.165, 1.54) is 7.11 Å². The molecule has 3 heteroatoms. The monoisotopic (exact) mass is 246 g/mol. The molecule has 0 bridgehead atoms. The van der Waals surface area contributed by atoms with Crippen molar-refractivity contribution >= 4 is 17.6 Å². The zero-order valence-corrected chi connectivity index (χ0v) is 10.1. The van der Waals surface area contributed by atoms with Crippen LogP contribution in [0.25, 0.3) is 11.1 Å². The standard InChI is InChI=1S/C14H11ClO2/c1-17-14(16)12-8-3-2-6-10(12)11-7-4-5-9-13(11)15/h2-9H,1H3. The van der Waals surface area contributed by atoms with Crippen molar-refractivity contribution in [2.75, 3.05) is 7.11 Å². The number of halogens is 1. The van der Waals surface area contributed by atoms with Gasteiger partial charge in [0.2, 0.25) is 0 Å². The van der Waals surface area contributed by atoms with Crippen LogP contribution in [0, 0.1) is 0 Å². The maximum Gasteiger partial charge on any atom is 0.338 e. The van der Waals surface area contributed by atoms with E-state index >= 15 is 0 Å². The third-order valence-electron chi connectivity index (χ3n) is 2.50. The third kappa shape index (κ3) is 2.32. The summed E-state index contributed by atoms with van der Waals surface area (Å²) in [5.74, 6) is -0.361. The number of rotatable bonds is 2. The summed E-state index contributed by atoms with van der Waals surface area (Å²) in [6.07, 6.45) is 0. The van der Waals surface area contributed by atoms with Gasteiger partial charge in [0, 0.05) is 10.6 Å². The Kier molecular flexibility index (Phi) is 3.45. The Morgan fingerprint density at radius 2 is 1.59 bits per heavy atom. The predicted molar refractivity (Wildman–Crippen MR) is 68.2 cm³/mol. The molecular formula is C14H11ClO2. The first-order valence-electron chi connectivity index (χ1n) is 5.16. The highest BCUT2D eigenvalue weighted by molar-refractivity contribution is 6.33. The highest BCUT2D eigenvalue weighted by atomic mass is 35.5. The van der Waals surface area contributed by atoms with Crippen molar-refractivity contribution in [1.29, 1.82) is 0 Å². The Hall–Kier alpha value is -1.80. The van der Waals surface area contributed by atoms with E-state index in [9.17, 15) is 4.79 Å². The summed E-state index contributed by atoms with van der Waals surface area (Å²) >= 11 is 6.13. The van der Waals surface area contributed by atoms with Crippen LogP contribution in [0.4, 0.5) is 0 Å². The van der Waals surface area contributed by atoms with Gasteiger partial charge in [0.05, 0.1) is 12.7 Å². The van der Waals surface area contributed by atoms with Gasteiger partial charge in [0.25, 0.3) is 0 Å². The lowest BCUT2D eigenvalue weighted by Gasteiger charge is -2.09. The number of esters is 1. The van der Waals surface area contributed by atoms with Gasteiger partial charge in [-0.25, -0.2) is 4.79 Å². The van der Waals surface area contributed by atoms with E-state index in [1.807, 2.05) is 30.3 Å². The maximum atomic E-state index is 11.7. The molecule has 0 amide bonds. The normalized spacial score (nSPS) is 10.0. The second kappa shape index (κ2) is 5.02. The summed E-state index contributed by atoms with van der Waals surface area (Å²) in [5, 5.41) is 0.615. The van der Waals surface area contributed by atoms with E-state index in [-0.39, 0.29) is 5.97 Å². The summed E-state index contributed by atoms with van der Waals surface area (Å²) in [7, 11) is 1.37. The van der Waals surface area contributed by atoms with Gasteiger partial charge in [-0.2, -0.15) is 0 Å². The lowest BCUT2D eigenvalue weighted by Crippen LogP contribution is -2.03. The molecule has 2 rings (SSSR count). The zero-order valence-electron chi connectivity index (χ0n) is 9.31. The molecule has 0 saturated heterocycles. The van der Waals surface area contributed by atoms with Crippen LogP contribution >= 0.6 is 11.6 Å². The first-order valence-corrected chi connectivity index (χ1v) is 5.54. The van der Waals surface area contributed by atoms with Crippen LogP contribution in [-0.4, -0.2) is 13.1 Å². The molecule has 0 unspecified atom stereocenters. The van der Waals surface area contributed by atoms with Crippen LogP contribution in [0.5, 0.6) is 0 Å². The Morgan fingerprint density at radius 1 is 1.00 bits per heavy atom. The number of benzene rings is 2. The van der Waals surface area contributed by atoms with E-state index < -0.39 is 0 Å². The number of hydrogen-bond donors (Lipinski definition) is 0. The second-order valence-corrected chi connectivity index (χ2v) is 3.92. The van der Waals surface area contributed by atoms with Crippen LogP contribution in [0.2, 0.25) is 5.02 Å². The highest BCUT2D eigenvalue weighted by Gasteiger charge is 2.13. The average Bonchev–Trinajstić information content (AvgIpc) is 2.38. The molecular weight excluding hydrogens is 236 g/mol. The van der Waals surface area contributed by atoms with Crippen molar-refractivity contribution < 1.29 is 9.53 Å². The summed E-state index contributed by atoms with van der Waals surface area (Å²) in [4.78, 5) is 11.7. The van der Waals surface area contributed by atoms with Crippen LogP contribution < -0.4 is 0 Å². The molecule has 2 nitrogen and oxygen atoms in total. The Bertz CT molecular complexity index is 549. The van der Waals surface area contributed by atoms with E-state index in [4.69, 9.17) is 16.3 Å². The van der Waals surface area contributed by atoms with Crippen molar-refractivity contribution in [2.45, 2.75) is 0 Å². The Balaban J connectivity index is 2.60. The summed E-state index contributed by atoms with van der Waals surface area (Å²) in [5.41, 5.74) is 2.13. The summed E-state index contributed by atoms with van der Waals surface area (Å²) in [6, 6.07) is 14.7. The zero-order chi connectivity index (χ0) is 12.3. The van der Waals surface area contributed by atoms with Gasteiger partial charge in [-0.1, -0.05) is 48.0 Å². The van der Waals surface area contributed by atoms with E-state index in [2.05, 4.69) is 0 Å². The Labute approximate surface area is 105 Å². The number of carbonyl (C=O) groups excluding carboxylic acids is 1. The van der Waals surface area contributed by atoms with Crippen molar-refractivity contribution in [3.05, 3.63) is 59.1 Å². The molecule has 0 N–H and O–H groups in total. The predicted octanol–water partition coefficient (Wildman–Crippen LogP) is 3.79. The molecule has 86 valence electrons. The molecule has 0 aromatic heterocycles. The van der Waals surface area contributed by atoms with Crippen LogP contribution in [0.15, 0.2) is 48.5 Å². The molecule has 2 aromatic carbocycles. The van der Waals surface area contributed by atoms with Gasteiger partial charge in [-0.05, 0) is 17.7 Å². The van der Waals surface area contributed by atoms with Gasteiger partial charge in [-0.15, -0.1) is 0 Å². The smallest absolute Gasteiger partial charge is 0.338 e. The summed E-state index contributed by atoms with van der Waals surface area (Å²) < 4.78 is 4.76. The quantitative estimate of drug-likeness (QED) is 0.754. The van der Waals surface area contributed by atoms with Gasteiger partial charge >= 0.3 is 5.97 Å². The molecule has 0 spiro atoms. The topological polar surface area (TPSA) is 26.3 Å². The maximum absolute atomic E-state index is 11.7. The minimum atomic E-state index is -0.361. The highest BCUT2D eigenvalue weighted by Crippen LogP contribution is 2.30. The van der Waals surface area contributed by atoms with Crippen LogP contribution in [0.3, 0.4) is 0 Å². The van der Waals surface area contributed by atoms with Gasteiger partial charge in [-0.3, -0.25) is 0 Å². The molecule has 0 atom stereocenters. The number of carbonyl (C=O) groups is 1. The fraction of sp³-hybridized carbons (Fsp3) is 0.0714. The molecule has 0 radical (unpaired) electrons. The third-order valence-corrected chi connectivity index (χ3v) is 2.83. The summed E-state index contributed by atoms with van der Waals surface area (Å²) in [6.45, 7) is 0. The van der Waals surface area contributed by atoms with Crippen molar-refractivity contribution in [2.24, 2.45) is 0 Å². The molecule has 0 aliphatic rings. The van der Waals surface area contributed by atoms with E-state index in [0.717, 1.165) is 11.1 Å². The van der Waals surface area contributed by atoms with Crippen LogP contribution in [-0.2, 0) is 4.74 Å². The first kappa shape index (κ1) is 11.7. The molecule has 0 fully saturated rings. The van der Waals surface area contributed by atoms with Gasteiger partial charge in [0.15, 0.2) is 0 Å². The Morgan fingerprint density at radius 3 is 2.24 bits per heavy atom. The molecule has 2 aromatic rings. The minimum absolute atomic E-state index is 0.361. The number of ether oxygens (including phenoxy) is 1. The van der Waals surface area contributed by atoms with E-state index in [1.54, 1.807) is 18.2 Å². The van der Waals surface area contributed by atoms with Gasteiger partial charge < -0.3 is 4.74 Å². The lowest BCUT2D eigenvalue weighted by molar-refractivity contribution is 0.0601. The number of methoxy groups -OCH3 is 1. The number of hydrogen-bond acceptors (Lipinski definition) is 2. The van der Waals surface area contributed by atoms with Crippen molar-refractivity contribution in [3.63, 3.8) is 0 Å². The SMILES string of the molecule is COC(=O)c1ccccc1-c1ccccc1Cl. The lowest BCUT2D eigenvalue weighted by atomic mass is 10.00. The molecule has 0 aliphatic carbocycles. The average molecular weight is 247 g/mol. The molecule has 0 saturated carbocycles. The fourth-order valence-corrected chi connectivity index (χ4v) is 1.92. The first-order chi connectivity index (χ1) is 8.24. The molecule has 17 heavy (non-hydrogen) atoms.